The molecule has 0 saturated carbocycles. The minimum atomic E-state index is -1.78. The lowest BCUT2D eigenvalue weighted by Gasteiger charge is -2.46. The van der Waals surface area contributed by atoms with Crippen LogP contribution in [0.4, 0.5) is 0 Å². The van der Waals surface area contributed by atoms with Gasteiger partial charge in [-0.2, -0.15) is 0 Å². The van der Waals surface area contributed by atoms with Gasteiger partial charge in [0.25, 0.3) is 0 Å². The summed E-state index contributed by atoms with van der Waals surface area (Å²) >= 11 is 0. The quantitative estimate of drug-likeness (QED) is 0.0395. The lowest BCUT2D eigenvalue weighted by atomic mass is 9.97. The molecule has 2 rings (SSSR count). The molecule has 0 aromatic rings. The second-order valence-corrected chi connectivity index (χ2v) is 14.8. The molecule has 14 heteroatoms. The zero-order chi connectivity index (χ0) is 39.0. The summed E-state index contributed by atoms with van der Waals surface area (Å²) in [7, 11) is 0. The maximum Gasteiger partial charge on any atom is 0.220 e. The average Bonchev–Trinajstić information content (AvgIpc) is 3.15. The van der Waals surface area contributed by atoms with Gasteiger partial charge in [0.15, 0.2) is 12.6 Å². The first-order chi connectivity index (χ1) is 25.6. The molecular formula is C39H73NO13. The zero-order valence-corrected chi connectivity index (χ0v) is 32.3. The minimum Gasteiger partial charge on any atom is -0.394 e. The molecule has 12 atom stereocenters. The van der Waals surface area contributed by atoms with Crippen molar-refractivity contribution in [2.75, 3.05) is 19.8 Å². The van der Waals surface area contributed by atoms with Gasteiger partial charge in [-0.05, 0) is 32.1 Å². The molecule has 0 aliphatic carbocycles. The van der Waals surface area contributed by atoms with Crippen molar-refractivity contribution in [1.29, 1.82) is 0 Å². The fourth-order valence-electron chi connectivity index (χ4n) is 6.74. The van der Waals surface area contributed by atoms with E-state index in [9.17, 15) is 45.6 Å². The second kappa shape index (κ2) is 28.2. The van der Waals surface area contributed by atoms with Crippen molar-refractivity contribution in [3.05, 3.63) is 12.2 Å². The fraction of sp³-hybridized carbons (Fsp3) is 0.923. The minimum absolute atomic E-state index is 0.223. The smallest absolute Gasteiger partial charge is 0.220 e. The first-order valence-corrected chi connectivity index (χ1v) is 20.4. The maximum atomic E-state index is 13.0. The molecule has 53 heavy (non-hydrogen) atoms. The molecule has 2 heterocycles. The van der Waals surface area contributed by atoms with Crippen molar-refractivity contribution in [1.82, 2.24) is 5.32 Å². The number of carbonyl (C=O) groups excluding carboxylic acids is 1. The van der Waals surface area contributed by atoms with Crippen molar-refractivity contribution >= 4 is 5.91 Å². The van der Waals surface area contributed by atoms with Gasteiger partial charge in [0.1, 0.15) is 48.8 Å². The highest BCUT2D eigenvalue weighted by molar-refractivity contribution is 5.76. The lowest BCUT2D eigenvalue weighted by Crippen LogP contribution is -2.65. The predicted molar refractivity (Wildman–Crippen MR) is 199 cm³/mol. The van der Waals surface area contributed by atoms with Crippen LogP contribution < -0.4 is 5.32 Å². The summed E-state index contributed by atoms with van der Waals surface area (Å²) in [4.78, 5) is 13.0. The van der Waals surface area contributed by atoms with Crippen LogP contribution in [0, 0.1) is 0 Å². The maximum absolute atomic E-state index is 13.0. The Morgan fingerprint density at radius 1 is 0.660 bits per heavy atom. The van der Waals surface area contributed by atoms with Gasteiger partial charge in [-0.1, -0.05) is 109 Å². The number of allylic oxidation sites excluding steroid dienone is 2. The third-order valence-electron chi connectivity index (χ3n) is 10.2. The molecule has 12 unspecified atom stereocenters. The number of hydrogen-bond donors (Lipinski definition) is 9. The molecule has 312 valence electrons. The third kappa shape index (κ3) is 17.6. The summed E-state index contributed by atoms with van der Waals surface area (Å²) < 4.78 is 22.6. The van der Waals surface area contributed by atoms with Gasteiger partial charge in [-0.3, -0.25) is 4.79 Å². The molecule has 0 spiro atoms. The Labute approximate surface area is 316 Å². The molecule has 9 N–H and O–H groups in total. The highest BCUT2D eigenvalue weighted by atomic mass is 16.7. The number of rotatable bonds is 29. The van der Waals surface area contributed by atoms with E-state index in [4.69, 9.17) is 18.9 Å². The monoisotopic (exact) mass is 764 g/mol. The number of nitrogens with one attached hydrogen (secondary N) is 1. The van der Waals surface area contributed by atoms with Crippen LogP contribution in [-0.4, -0.2) is 140 Å². The molecule has 0 aromatic carbocycles. The summed E-state index contributed by atoms with van der Waals surface area (Å²) in [5, 5.41) is 86.1. The van der Waals surface area contributed by atoms with Crippen LogP contribution in [0.3, 0.4) is 0 Å². The summed E-state index contributed by atoms with van der Waals surface area (Å²) in [5.74, 6) is -0.223. The molecule has 0 radical (unpaired) electrons. The molecule has 14 nitrogen and oxygen atoms in total. The van der Waals surface area contributed by atoms with Crippen molar-refractivity contribution < 1.29 is 64.6 Å². The van der Waals surface area contributed by atoms with Gasteiger partial charge in [0.2, 0.25) is 5.91 Å². The van der Waals surface area contributed by atoms with E-state index in [-0.39, 0.29) is 12.5 Å². The number of ether oxygens (including phenoxy) is 4. The Bertz CT molecular complexity index is 956. The summed E-state index contributed by atoms with van der Waals surface area (Å²) in [6.45, 7) is 2.72. The molecule has 0 bridgehead atoms. The molecule has 0 aromatic heterocycles. The largest absolute Gasteiger partial charge is 0.394 e. The second-order valence-electron chi connectivity index (χ2n) is 14.8. The molecule has 2 saturated heterocycles. The van der Waals surface area contributed by atoms with Gasteiger partial charge in [0.05, 0.1) is 32.0 Å². The number of hydrogen-bond acceptors (Lipinski definition) is 13. The highest BCUT2D eigenvalue weighted by Gasteiger charge is 2.50. The Balaban J connectivity index is 1.93. The lowest BCUT2D eigenvalue weighted by molar-refractivity contribution is -0.359. The van der Waals surface area contributed by atoms with E-state index in [1.807, 2.05) is 0 Å². The standard InChI is InChI=1S/C39H73NO13/c1-3-5-7-9-11-13-14-15-17-19-21-23-31(44)40-27(28(43)22-20-18-16-12-10-8-6-4-2)26-50-38-36(49)34(47)37(30(25-42)52-38)53-39-35(48)33(46)32(45)29(24-41)51-39/h9,11,27-30,32-39,41-43,45-49H,3-8,10,12-26H2,1-2H3,(H,40,44)/b11-9-. The SMILES string of the molecule is CCCC/C=C\CCCCCCCC(=O)NC(COC1OC(CO)C(OC2OC(CO)C(O)C(O)C2O)C(O)C1O)C(O)CCCCCCCCCC. The van der Waals surface area contributed by atoms with E-state index < -0.39 is 86.8 Å². The van der Waals surface area contributed by atoms with Crippen molar-refractivity contribution in [3.8, 4) is 0 Å². The normalized spacial score (nSPS) is 30.5. The van der Waals surface area contributed by atoms with Crippen LogP contribution in [0.15, 0.2) is 12.2 Å². The van der Waals surface area contributed by atoms with Crippen LogP contribution in [0.1, 0.15) is 136 Å². The third-order valence-corrected chi connectivity index (χ3v) is 10.2. The van der Waals surface area contributed by atoms with E-state index in [0.717, 1.165) is 64.2 Å². The van der Waals surface area contributed by atoms with Gasteiger partial charge in [-0.15, -0.1) is 0 Å². The molecular weight excluding hydrogens is 690 g/mol. The molecule has 2 aliphatic heterocycles. The van der Waals surface area contributed by atoms with E-state index in [2.05, 4.69) is 31.3 Å². The van der Waals surface area contributed by atoms with Crippen LogP contribution >= 0.6 is 0 Å². The van der Waals surface area contributed by atoms with Crippen molar-refractivity contribution in [2.45, 2.75) is 209 Å². The Hall–Kier alpha value is -1.27. The predicted octanol–water partition coefficient (Wildman–Crippen LogP) is 2.48. The number of amides is 1. The van der Waals surface area contributed by atoms with Gasteiger partial charge in [-0.25, -0.2) is 0 Å². The molecule has 2 aliphatic rings. The zero-order valence-electron chi connectivity index (χ0n) is 32.3. The van der Waals surface area contributed by atoms with E-state index in [1.165, 1.54) is 38.5 Å². The van der Waals surface area contributed by atoms with E-state index in [1.54, 1.807) is 0 Å². The topological polar surface area (TPSA) is 228 Å². The number of aliphatic hydroxyl groups excluding tert-OH is 8. The van der Waals surface area contributed by atoms with Gasteiger partial charge >= 0.3 is 0 Å². The van der Waals surface area contributed by atoms with Crippen LogP contribution in [0.25, 0.3) is 0 Å². The Kier molecular flexibility index (Phi) is 25.5. The van der Waals surface area contributed by atoms with Crippen LogP contribution in [0.2, 0.25) is 0 Å². The number of carbonyl (C=O) groups is 1. The van der Waals surface area contributed by atoms with Gasteiger partial charge < -0.3 is 65.1 Å². The van der Waals surface area contributed by atoms with Crippen LogP contribution in [0.5, 0.6) is 0 Å². The average molecular weight is 764 g/mol. The number of aliphatic hydroxyl groups is 8. The summed E-state index contributed by atoms with van der Waals surface area (Å²) in [6, 6.07) is -0.824. The molecule has 2 fully saturated rings. The summed E-state index contributed by atoms with van der Waals surface area (Å²) in [5.41, 5.74) is 0. The molecule has 1 amide bonds. The first-order valence-electron chi connectivity index (χ1n) is 20.4. The highest BCUT2D eigenvalue weighted by Crippen LogP contribution is 2.30. The van der Waals surface area contributed by atoms with E-state index in [0.29, 0.717) is 19.3 Å². The Morgan fingerprint density at radius 2 is 1.21 bits per heavy atom. The first kappa shape index (κ1) is 47.9. The fourth-order valence-corrected chi connectivity index (χ4v) is 6.74. The van der Waals surface area contributed by atoms with E-state index >= 15 is 0 Å². The van der Waals surface area contributed by atoms with Crippen LogP contribution in [-0.2, 0) is 23.7 Å². The Morgan fingerprint density at radius 3 is 1.85 bits per heavy atom. The van der Waals surface area contributed by atoms with Gasteiger partial charge in [0, 0.05) is 6.42 Å². The van der Waals surface area contributed by atoms with Crippen molar-refractivity contribution in [3.63, 3.8) is 0 Å². The number of unbranched alkanes of at least 4 members (excludes halogenated alkanes) is 14. The summed E-state index contributed by atoms with van der Waals surface area (Å²) in [6.07, 6.45) is 6.83. The van der Waals surface area contributed by atoms with Crippen molar-refractivity contribution in [2.24, 2.45) is 0 Å².